The van der Waals surface area contributed by atoms with Crippen molar-refractivity contribution in [3.8, 4) is 0 Å². The van der Waals surface area contributed by atoms with E-state index in [1.807, 2.05) is 29.1 Å². The van der Waals surface area contributed by atoms with Crippen molar-refractivity contribution in [3.05, 3.63) is 65.5 Å². The van der Waals surface area contributed by atoms with E-state index < -0.39 is 11.4 Å². The van der Waals surface area contributed by atoms with Gasteiger partial charge < -0.3 is 9.94 Å². The Labute approximate surface area is 189 Å². The van der Waals surface area contributed by atoms with Crippen LogP contribution in [0.25, 0.3) is 0 Å². The third-order valence-electron chi connectivity index (χ3n) is 6.90. The zero-order valence-corrected chi connectivity index (χ0v) is 19.0. The van der Waals surface area contributed by atoms with E-state index >= 15 is 0 Å². The second kappa shape index (κ2) is 9.28. The molecule has 170 valence electrons. The number of carbonyl (C=O) groups is 1. The highest BCUT2D eigenvalue weighted by Crippen LogP contribution is 2.39. The molecule has 32 heavy (non-hydrogen) atoms. The molecule has 4 rings (SSSR count). The van der Waals surface area contributed by atoms with Gasteiger partial charge in [0.1, 0.15) is 6.10 Å². The maximum Gasteiger partial charge on any atom is 0.309 e. The summed E-state index contributed by atoms with van der Waals surface area (Å²) in [6, 6.07) is 8.21. The molecule has 1 saturated heterocycles. The summed E-state index contributed by atoms with van der Waals surface area (Å²) in [6.07, 6.45) is 5.94. The molecule has 0 bridgehead atoms. The van der Waals surface area contributed by atoms with Crippen LogP contribution < -0.4 is 0 Å². The Hall–Kier alpha value is -2.93. The molecule has 0 aliphatic carbocycles. The largest absolute Gasteiger partial charge is 0.481 e. The molecule has 0 spiro atoms. The van der Waals surface area contributed by atoms with Gasteiger partial charge in [0.15, 0.2) is 0 Å². The van der Waals surface area contributed by atoms with Crippen LogP contribution in [-0.4, -0.2) is 50.7 Å². The molecule has 2 aliphatic heterocycles. The molecule has 1 unspecified atom stereocenters. The lowest BCUT2D eigenvalue weighted by Crippen LogP contribution is -2.45. The standard InChI is InChI=1S/C25H32N4O3/c1-4-11-29-19(3)21(16-26-29)17-28-12-9-25(10-13-28,24(30)31)15-22-14-23(27-32-22)20-7-5-18(2)6-8-20/h4-8,16,22H,1,9-15,17H2,2-3H3,(H,30,31). The second-order valence-corrected chi connectivity index (χ2v) is 9.13. The molecular formula is C25H32N4O3. The molecule has 1 N–H and O–H groups in total. The van der Waals surface area contributed by atoms with Gasteiger partial charge in [-0.25, -0.2) is 0 Å². The molecule has 0 saturated carbocycles. The van der Waals surface area contributed by atoms with E-state index in [0.29, 0.717) is 32.2 Å². The molecule has 1 fully saturated rings. The van der Waals surface area contributed by atoms with E-state index in [-0.39, 0.29) is 6.10 Å². The van der Waals surface area contributed by atoms with Crippen LogP contribution in [0.3, 0.4) is 0 Å². The number of nitrogens with zero attached hydrogens (tertiary/aromatic N) is 4. The highest BCUT2D eigenvalue weighted by molar-refractivity contribution is 6.01. The second-order valence-electron chi connectivity index (χ2n) is 9.13. The van der Waals surface area contributed by atoms with E-state index in [1.165, 1.54) is 11.1 Å². The summed E-state index contributed by atoms with van der Waals surface area (Å²) in [5.74, 6) is -0.723. The molecule has 1 aromatic carbocycles. The number of aromatic nitrogens is 2. The first kappa shape index (κ1) is 22.3. The lowest BCUT2D eigenvalue weighted by Gasteiger charge is -2.39. The summed E-state index contributed by atoms with van der Waals surface area (Å²) >= 11 is 0. The van der Waals surface area contributed by atoms with Crippen LogP contribution >= 0.6 is 0 Å². The summed E-state index contributed by atoms with van der Waals surface area (Å²) in [4.78, 5) is 20.3. The van der Waals surface area contributed by atoms with Crippen molar-refractivity contribution in [2.24, 2.45) is 10.6 Å². The number of aliphatic carboxylic acids is 1. The Bertz CT molecular complexity index is 1000. The smallest absolute Gasteiger partial charge is 0.309 e. The van der Waals surface area contributed by atoms with Crippen molar-refractivity contribution in [2.45, 2.75) is 58.7 Å². The Morgan fingerprint density at radius 3 is 2.66 bits per heavy atom. The minimum absolute atomic E-state index is 0.187. The van der Waals surface area contributed by atoms with Crippen molar-refractivity contribution in [3.63, 3.8) is 0 Å². The Morgan fingerprint density at radius 2 is 2.00 bits per heavy atom. The number of benzene rings is 1. The number of piperidine rings is 1. The highest BCUT2D eigenvalue weighted by Gasteiger charge is 2.45. The first-order valence-electron chi connectivity index (χ1n) is 11.3. The molecule has 2 aliphatic rings. The third-order valence-corrected chi connectivity index (χ3v) is 6.90. The summed E-state index contributed by atoms with van der Waals surface area (Å²) < 4.78 is 1.94. The SMILES string of the molecule is C=CCn1ncc(CN2CCC(CC3CC(c4ccc(C)cc4)=NO3)(C(=O)O)CC2)c1C. The number of allylic oxidation sites excluding steroid dienone is 1. The molecule has 7 heteroatoms. The van der Waals surface area contributed by atoms with Gasteiger partial charge >= 0.3 is 5.97 Å². The van der Waals surface area contributed by atoms with E-state index in [9.17, 15) is 9.90 Å². The van der Waals surface area contributed by atoms with Crippen molar-refractivity contribution in [1.29, 1.82) is 0 Å². The minimum atomic E-state index is -0.762. The Kier molecular flexibility index (Phi) is 6.46. The van der Waals surface area contributed by atoms with Crippen LogP contribution in [0.15, 0.2) is 48.3 Å². The first-order chi connectivity index (χ1) is 15.4. The number of hydrogen-bond donors (Lipinski definition) is 1. The Morgan fingerprint density at radius 1 is 1.28 bits per heavy atom. The summed E-state index contributed by atoms with van der Waals surface area (Å²) in [6.45, 7) is 10.9. The zero-order chi connectivity index (χ0) is 22.7. The van der Waals surface area contributed by atoms with Gasteiger partial charge in [0.05, 0.1) is 23.9 Å². The number of carboxylic acids is 1. The first-order valence-corrected chi connectivity index (χ1v) is 11.3. The van der Waals surface area contributed by atoms with Crippen molar-refractivity contribution < 1.29 is 14.7 Å². The van der Waals surface area contributed by atoms with Gasteiger partial charge in [-0.2, -0.15) is 5.10 Å². The average Bonchev–Trinajstić information content (AvgIpc) is 3.38. The van der Waals surface area contributed by atoms with Crippen LogP contribution in [0.4, 0.5) is 0 Å². The predicted molar refractivity (Wildman–Crippen MR) is 124 cm³/mol. The molecule has 1 atom stereocenters. The van der Waals surface area contributed by atoms with Crippen LogP contribution in [0.1, 0.15) is 48.1 Å². The van der Waals surface area contributed by atoms with Crippen molar-refractivity contribution in [2.75, 3.05) is 13.1 Å². The third kappa shape index (κ3) is 4.63. The predicted octanol–water partition coefficient (Wildman–Crippen LogP) is 3.94. The maximum absolute atomic E-state index is 12.3. The molecule has 7 nitrogen and oxygen atoms in total. The van der Waals surface area contributed by atoms with E-state index in [0.717, 1.165) is 36.6 Å². The van der Waals surface area contributed by atoms with Gasteiger partial charge in [0, 0.05) is 30.6 Å². The molecule has 0 radical (unpaired) electrons. The molecule has 0 amide bonds. The number of likely N-dealkylation sites (tertiary alicyclic amines) is 1. The zero-order valence-electron chi connectivity index (χ0n) is 19.0. The van der Waals surface area contributed by atoms with Crippen LogP contribution in [0, 0.1) is 19.3 Å². The number of hydrogen-bond acceptors (Lipinski definition) is 5. The maximum atomic E-state index is 12.3. The van der Waals surface area contributed by atoms with E-state index in [2.05, 4.69) is 47.7 Å². The average molecular weight is 437 g/mol. The van der Waals surface area contributed by atoms with Gasteiger partial charge in [-0.3, -0.25) is 14.4 Å². The minimum Gasteiger partial charge on any atom is -0.481 e. The van der Waals surface area contributed by atoms with Crippen LogP contribution in [-0.2, 0) is 22.7 Å². The summed E-state index contributed by atoms with van der Waals surface area (Å²) in [5, 5.41) is 18.8. The Balaban J connectivity index is 1.35. The molecular weight excluding hydrogens is 404 g/mol. The lowest BCUT2D eigenvalue weighted by atomic mass is 9.73. The highest BCUT2D eigenvalue weighted by atomic mass is 16.6. The van der Waals surface area contributed by atoms with Crippen molar-refractivity contribution in [1.82, 2.24) is 14.7 Å². The fourth-order valence-electron chi connectivity index (χ4n) is 4.72. The number of oxime groups is 1. The normalized spacial score (nSPS) is 20.6. The molecule has 3 heterocycles. The van der Waals surface area contributed by atoms with Gasteiger partial charge in [-0.05, 0) is 45.3 Å². The van der Waals surface area contributed by atoms with Gasteiger partial charge in [0.2, 0.25) is 0 Å². The van der Waals surface area contributed by atoms with Gasteiger partial charge in [0.25, 0.3) is 0 Å². The molecule has 2 aromatic rings. The van der Waals surface area contributed by atoms with Gasteiger partial charge in [-0.15, -0.1) is 6.58 Å². The number of carboxylic acid groups (broad SMARTS) is 1. The molecule has 1 aromatic heterocycles. The van der Waals surface area contributed by atoms with Crippen molar-refractivity contribution >= 4 is 11.7 Å². The monoisotopic (exact) mass is 436 g/mol. The number of rotatable bonds is 8. The van der Waals surface area contributed by atoms with E-state index in [4.69, 9.17) is 4.84 Å². The summed E-state index contributed by atoms with van der Waals surface area (Å²) in [7, 11) is 0. The topological polar surface area (TPSA) is 80.0 Å². The number of aryl methyl sites for hydroxylation is 1. The fourth-order valence-corrected chi connectivity index (χ4v) is 4.72. The van der Waals surface area contributed by atoms with Crippen LogP contribution in [0.5, 0.6) is 0 Å². The fraction of sp³-hybridized carbons (Fsp3) is 0.480. The summed E-state index contributed by atoms with van der Waals surface area (Å²) in [5.41, 5.74) is 4.71. The van der Waals surface area contributed by atoms with Gasteiger partial charge in [-0.1, -0.05) is 41.1 Å². The quantitative estimate of drug-likeness (QED) is 0.634. The van der Waals surface area contributed by atoms with Crippen LogP contribution in [0.2, 0.25) is 0 Å². The van der Waals surface area contributed by atoms with E-state index in [1.54, 1.807) is 0 Å². The lowest BCUT2D eigenvalue weighted by molar-refractivity contribution is -0.155.